The highest BCUT2D eigenvalue weighted by Gasteiger charge is 2.22. The van der Waals surface area contributed by atoms with Crippen LogP contribution in [0.4, 0.5) is 18.9 Å². The average Bonchev–Trinajstić information content (AvgIpc) is 3.06. The van der Waals surface area contributed by atoms with E-state index >= 15 is 0 Å². The fourth-order valence-corrected chi connectivity index (χ4v) is 2.92. The Kier molecular flexibility index (Phi) is 6.73. The molecule has 0 unspecified atom stereocenters. The van der Waals surface area contributed by atoms with Crippen LogP contribution in [0.2, 0.25) is 0 Å². The minimum Gasteiger partial charge on any atom is -0.453 e. The van der Waals surface area contributed by atoms with Crippen molar-refractivity contribution in [2.45, 2.75) is 32.8 Å². The van der Waals surface area contributed by atoms with Gasteiger partial charge < -0.3 is 10.1 Å². The Hall–Kier alpha value is -2.68. The van der Waals surface area contributed by atoms with Gasteiger partial charge in [0.05, 0.1) is 17.0 Å². The van der Waals surface area contributed by atoms with Crippen LogP contribution in [0.15, 0.2) is 24.3 Å². The maximum absolute atomic E-state index is 13.5. The number of ketones is 1. The first-order valence-electron chi connectivity index (χ1n) is 7.92. The number of rotatable bonds is 7. The highest BCUT2D eigenvalue weighted by atomic mass is 32.1. The second-order valence-electron chi connectivity index (χ2n) is 5.68. The van der Waals surface area contributed by atoms with E-state index in [2.05, 4.69) is 0 Å². The third-order valence-electron chi connectivity index (χ3n) is 3.54. The van der Waals surface area contributed by atoms with Gasteiger partial charge in [0.1, 0.15) is 0 Å². The summed E-state index contributed by atoms with van der Waals surface area (Å²) in [5, 5.41) is 2.01. The van der Waals surface area contributed by atoms with Crippen molar-refractivity contribution in [3.8, 4) is 0 Å². The molecule has 2 rings (SSSR count). The number of thiophene rings is 1. The SMILES string of the molecule is Cc1ccc(C(=O)CCC(=O)O[C@@H](C)C(=O)Nc2ccc(F)c(F)c2F)s1. The molecule has 0 aliphatic heterocycles. The summed E-state index contributed by atoms with van der Waals surface area (Å²) in [6.07, 6.45) is -1.62. The van der Waals surface area contributed by atoms with Gasteiger partial charge in [0.2, 0.25) is 0 Å². The molecule has 1 heterocycles. The molecule has 0 spiro atoms. The number of ether oxygens (including phenoxy) is 1. The Bertz CT molecular complexity index is 881. The van der Waals surface area contributed by atoms with Gasteiger partial charge in [-0.2, -0.15) is 0 Å². The molecule has 144 valence electrons. The number of nitrogens with one attached hydrogen (secondary N) is 1. The Morgan fingerprint density at radius 3 is 2.41 bits per heavy atom. The first-order chi connectivity index (χ1) is 12.7. The van der Waals surface area contributed by atoms with Crippen molar-refractivity contribution >= 4 is 34.7 Å². The molecule has 0 saturated carbocycles. The molecule has 0 bridgehead atoms. The number of amides is 1. The van der Waals surface area contributed by atoms with E-state index in [1.165, 1.54) is 18.3 Å². The van der Waals surface area contributed by atoms with Crippen molar-refractivity contribution in [3.63, 3.8) is 0 Å². The predicted molar refractivity (Wildman–Crippen MR) is 93.1 cm³/mol. The second-order valence-corrected chi connectivity index (χ2v) is 6.97. The molecule has 1 amide bonds. The van der Waals surface area contributed by atoms with Gasteiger partial charge in [0.25, 0.3) is 5.91 Å². The molecule has 1 aromatic carbocycles. The minimum absolute atomic E-state index is 0.0784. The summed E-state index contributed by atoms with van der Waals surface area (Å²) >= 11 is 1.31. The summed E-state index contributed by atoms with van der Waals surface area (Å²) in [4.78, 5) is 37.1. The molecule has 9 heteroatoms. The number of Topliss-reactive ketones (excluding diaryl/α,β-unsaturated/α-hetero) is 1. The molecule has 0 saturated heterocycles. The highest BCUT2D eigenvalue weighted by molar-refractivity contribution is 7.14. The van der Waals surface area contributed by atoms with E-state index < -0.39 is 41.1 Å². The summed E-state index contributed by atoms with van der Waals surface area (Å²) in [5.41, 5.74) is -0.579. The zero-order valence-corrected chi connectivity index (χ0v) is 15.3. The van der Waals surface area contributed by atoms with Crippen LogP contribution in [0.3, 0.4) is 0 Å². The Morgan fingerprint density at radius 2 is 1.78 bits per heavy atom. The normalized spacial score (nSPS) is 11.7. The molecule has 0 aliphatic rings. The largest absolute Gasteiger partial charge is 0.453 e. The Labute approximate surface area is 157 Å². The summed E-state index contributed by atoms with van der Waals surface area (Å²) in [6.45, 7) is 3.08. The van der Waals surface area contributed by atoms with Crippen LogP contribution in [0.25, 0.3) is 0 Å². The van der Waals surface area contributed by atoms with Gasteiger partial charge in [-0.3, -0.25) is 14.4 Å². The van der Waals surface area contributed by atoms with E-state index in [4.69, 9.17) is 4.74 Å². The molecular weight excluding hydrogens is 383 g/mol. The van der Waals surface area contributed by atoms with Gasteiger partial charge in [-0.05, 0) is 38.1 Å². The molecular formula is C18H16F3NO4S. The molecule has 1 aromatic heterocycles. The van der Waals surface area contributed by atoms with E-state index in [0.29, 0.717) is 10.9 Å². The van der Waals surface area contributed by atoms with Crippen molar-refractivity contribution in [1.29, 1.82) is 0 Å². The van der Waals surface area contributed by atoms with Crippen LogP contribution in [0, 0.1) is 24.4 Å². The van der Waals surface area contributed by atoms with Gasteiger partial charge in [0, 0.05) is 11.3 Å². The van der Waals surface area contributed by atoms with Crippen LogP contribution in [-0.4, -0.2) is 23.8 Å². The highest BCUT2D eigenvalue weighted by Crippen LogP contribution is 2.20. The van der Waals surface area contributed by atoms with E-state index in [0.717, 1.165) is 10.9 Å². The number of anilines is 1. The molecule has 2 aromatic rings. The number of benzene rings is 1. The number of hydrogen-bond donors (Lipinski definition) is 1. The van der Waals surface area contributed by atoms with Crippen LogP contribution in [0.5, 0.6) is 0 Å². The first-order valence-corrected chi connectivity index (χ1v) is 8.74. The first kappa shape index (κ1) is 20.6. The lowest BCUT2D eigenvalue weighted by molar-refractivity contribution is -0.153. The van der Waals surface area contributed by atoms with Crippen LogP contribution >= 0.6 is 11.3 Å². The van der Waals surface area contributed by atoms with Gasteiger partial charge in [0.15, 0.2) is 29.3 Å². The fourth-order valence-electron chi connectivity index (χ4n) is 2.09. The van der Waals surface area contributed by atoms with Gasteiger partial charge in [-0.15, -0.1) is 11.3 Å². The van der Waals surface area contributed by atoms with Crippen molar-refractivity contribution in [3.05, 3.63) is 51.5 Å². The Morgan fingerprint density at radius 1 is 1.07 bits per heavy atom. The summed E-state index contributed by atoms with van der Waals surface area (Å²) in [7, 11) is 0. The maximum atomic E-state index is 13.5. The van der Waals surface area contributed by atoms with Gasteiger partial charge in [-0.1, -0.05) is 0 Å². The summed E-state index contributed by atoms with van der Waals surface area (Å²) < 4.78 is 44.5. The monoisotopic (exact) mass is 399 g/mol. The predicted octanol–water partition coefficient (Wildman–Crippen LogP) is 4.01. The number of esters is 1. The van der Waals surface area contributed by atoms with E-state index in [9.17, 15) is 27.6 Å². The standard InChI is InChI=1S/C18H16F3NO4S/c1-9-3-7-14(27-9)13(23)6-8-15(24)26-10(2)18(25)22-12-5-4-11(19)16(20)17(12)21/h3-5,7,10H,6,8H2,1-2H3,(H,22,25)/t10-/m0/s1. The van der Waals surface area contributed by atoms with E-state index in [1.807, 2.05) is 12.2 Å². The maximum Gasteiger partial charge on any atom is 0.307 e. The van der Waals surface area contributed by atoms with E-state index in [1.54, 1.807) is 12.1 Å². The molecule has 27 heavy (non-hydrogen) atoms. The summed E-state index contributed by atoms with van der Waals surface area (Å²) in [5.74, 6) is -6.60. The number of aryl methyl sites for hydroxylation is 1. The number of hydrogen-bond acceptors (Lipinski definition) is 5. The van der Waals surface area contributed by atoms with Crippen molar-refractivity contribution in [2.24, 2.45) is 0 Å². The number of halogens is 3. The third-order valence-corrected chi connectivity index (χ3v) is 4.58. The third kappa shape index (κ3) is 5.40. The molecule has 5 nitrogen and oxygen atoms in total. The fraction of sp³-hybridized carbons (Fsp3) is 0.278. The average molecular weight is 399 g/mol. The summed E-state index contributed by atoms with van der Waals surface area (Å²) in [6, 6.07) is 4.96. The zero-order chi connectivity index (χ0) is 20.1. The molecule has 1 atom stereocenters. The lowest BCUT2D eigenvalue weighted by Gasteiger charge is -2.14. The van der Waals surface area contributed by atoms with Gasteiger partial charge >= 0.3 is 5.97 Å². The lowest BCUT2D eigenvalue weighted by Crippen LogP contribution is -2.30. The second kappa shape index (κ2) is 8.81. The lowest BCUT2D eigenvalue weighted by atomic mass is 10.2. The van der Waals surface area contributed by atoms with Crippen molar-refractivity contribution in [1.82, 2.24) is 0 Å². The zero-order valence-electron chi connectivity index (χ0n) is 14.5. The molecule has 0 radical (unpaired) electrons. The van der Waals surface area contributed by atoms with Crippen LogP contribution < -0.4 is 5.32 Å². The molecule has 0 aliphatic carbocycles. The van der Waals surface area contributed by atoms with Gasteiger partial charge in [-0.25, -0.2) is 13.2 Å². The van der Waals surface area contributed by atoms with Crippen LogP contribution in [0.1, 0.15) is 34.3 Å². The van der Waals surface area contributed by atoms with E-state index in [-0.39, 0.29) is 18.6 Å². The topological polar surface area (TPSA) is 72.5 Å². The Balaban J connectivity index is 1.85. The smallest absolute Gasteiger partial charge is 0.307 e. The quantitative estimate of drug-likeness (QED) is 0.434. The van der Waals surface area contributed by atoms with Crippen molar-refractivity contribution < 1.29 is 32.3 Å². The van der Waals surface area contributed by atoms with Crippen LogP contribution in [-0.2, 0) is 14.3 Å². The number of carbonyl (C=O) groups excluding carboxylic acids is 3. The molecule has 1 N–H and O–H groups in total. The van der Waals surface area contributed by atoms with Crippen molar-refractivity contribution in [2.75, 3.05) is 5.32 Å². The number of carbonyl (C=O) groups is 3. The minimum atomic E-state index is -1.72. The molecule has 0 fully saturated rings.